The number of guanidine groups is 1. The molecule has 0 aliphatic carbocycles. The van der Waals surface area contributed by atoms with Gasteiger partial charge in [0.05, 0.1) is 19.8 Å². The average Bonchev–Trinajstić information content (AvgIpc) is 2.62. The molecule has 1 heterocycles. The van der Waals surface area contributed by atoms with E-state index in [1.807, 2.05) is 0 Å². The summed E-state index contributed by atoms with van der Waals surface area (Å²) in [6.45, 7) is 15.0. The van der Waals surface area contributed by atoms with Gasteiger partial charge in [-0.3, -0.25) is 4.90 Å². The van der Waals surface area contributed by atoms with Crippen molar-refractivity contribution >= 4 is 5.96 Å². The average molecular weight is 347 g/mol. The standard InChI is InChI=1S/C20H34N4O/c1-5-21-20(23-17(4)16(2)3)22-14-18-6-8-19(9-7-18)15-24-10-12-25-13-11-24/h6-9,16-17H,5,10-15H2,1-4H3,(H2,21,22,23). The van der Waals surface area contributed by atoms with Gasteiger partial charge in [0.1, 0.15) is 0 Å². The lowest BCUT2D eigenvalue weighted by Crippen LogP contribution is -2.44. The molecule has 1 aromatic rings. The van der Waals surface area contributed by atoms with E-state index in [1.165, 1.54) is 11.1 Å². The highest BCUT2D eigenvalue weighted by Crippen LogP contribution is 2.10. The molecule has 1 fully saturated rings. The molecular weight excluding hydrogens is 312 g/mol. The van der Waals surface area contributed by atoms with E-state index in [0.717, 1.165) is 45.4 Å². The van der Waals surface area contributed by atoms with Gasteiger partial charge in [-0.15, -0.1) is 0 Å². The Balaban J connectivity index is 1.89. The summed E-state index contributed by atoms with van der Waals surface area (Å²) in [4.78, 5) is 7.16. The molecule has 0 saturated carbocycles. The van der Waals surface area contributed by atoms with Crippen LogP contribution in [0.15, 0.2) is 29.3 Å². The predicted octanol–water partition coefficient (Wildman–Crippen LogP) is 2.62. The minimum Gasteiger partial charge on any atom is -0.379 e. The van der Waals surface area contributed by atoms with Gasteiger partial charge < -0.3 is 15.4 Å². The number of nitrogens with zero attached hydrogens (tertiary/aromatic N) is 2. The Hall–Kier alpha value is -1.59. The largest absolute Gasteiger partial charge is 0.379 e. The van der Waals surface area contributed by atoms with Crippen molar-refractivity contribution in [2.75, 3.05) is 32.8 Å². The second kappa shape index (κ2) is 10.4. The molecule has 0 aromatic heterocycles. The van der Waals surface area contributed by atoms with Crippen LogP contribution in [0.5, 0.6) is 0 Å². The van der Waals surface area contributed by atoms with Crippen LogP contribution in [-0.4, -0.2) is 49.7 Å². The SMILES string of the molecule is CCNC(=NCc1ccc(CN2CCOCC2)cc1)NC(C)C(C)C. The normalized spacial score (nSPS) is 17.6. The molecule has 140 valence electrons. The third-order valence-electron chi connectivity index (χ3n) is 4.66. The molecule has 25 heavy (non-hydrogen) atoms. The number of aliphatic imine (C=N–C) groups is 1. The van der Waals surface area contributed by atoms with E-state index in [4.69, 9.17) is 9.73 Å². The Morgan fingerprint density at radius 3 is 2.36 bits per heavy atom. The zero-order valence-corrected chi connectivity index (χ0v) is 16.2. The molecule has 1 aliphatic heterocycles. The maximum atomic E-state index is 5.40. The van der Waals surface area contributed by atoms with E-state index < -0.39 is 0 Å². The van der Waals surface area contributed by atoms with E-state index in [2.05, 4.69) is 67.5 Å². The molecule has 1 aliphatic rings. The molecule has 0 spiro atoms. The number of rotatable bonds is 7. The molecule has 5 heteroatoms. The van der Waals surface area contributed by atoms with Crippen molar-refractivity contribution in [2.45, 2.75) is 46.8 Å². The first-order chi connectivity index (χ1) is 12.1. The van der Waals surface area contributed by atoms with Crippen LogP contribution in [0, 0.1) is 5.92 Å². The van der Waals surface area contributed by atoms with Crippen molar-refractivity contribution in [1.82, 2.24) is 15.5 Å². The Kier molecular flexibility index (Phi) is 8.22. The zero-order chi connectivity index (χ0) is 18.1. The van der Waals surface area contributed by atoms with E-state index in [1.54, 1.807) is 0 Å². The Morgan fingerprint density at radius 2 is 1.76 bits per heavy atom. The van der Waals surface area contributed by atoms with Crippen LogP contribution in [0.1, 0.15) is 38.8 Å². The first kappa shape index (κ1) is 19.7. The molecule has 1 saturated heterocycles. The maximum absolute atomic E-state index is 5.40. The number of nitrogens with one attached hydrogen (secondary N) is 2. The van der Waals surface area contributed by atoms with Gasteiger partial charge in [-0.25, -0.2) is 4.99 Å². The fourth-order valence-corrected chi connectivity index (χ4v) is 2.64. The van der Waals surface area contributed by atoms with E-state index in [9.17, 15) is 0 Å². The van der Waals surface area contributed by atoms with Crippen molar-refractivity contribution in [3.05, 3.63) is 35.4 Å². The Labute approximate surface area is 152 Å². The van der Waals surface area contributed by atoms with Gasteiger partial charge in [-0.2, -0.15) is 0 Å². The molecule has 1 atom stereocenters. The van der Waals surface area contributed by atoms with E-state index in [-0.39, 0.29) is 0 Å². The molecule has 1 aromatic carbocycles. The highest BCUT2D eigenvalue weighted by Gasteiger charge is 2.11. The van der Waals surface area contributed by atoms with Crippen LogP contribution in [0.4, 0.5) is 0 Å². The van der Waals surface area contributed by atoms with Crippen molar-refractivity contribution in [1.29, 1.82) is 0 Å². The summed E-state index contributed by atoms with van der Waals surface area (Å²) in [6, 6.07) is 9.21. The molecule has 1 unspecified atom stereocenters. The molecule has 0 amide bonds. The summed E-state index contributed by atoms with van der Waals surface area (Å²) in [6.07, 6.45) is 0. The summed E-state index contributed by atoms with van der Waals surface area (Å²) in [5.74, 6) is 1.46. The molecule has 0 bridgehead atoms. The maximum Gasteiger partial charge on any atom is 0.191 e. The third kappa shape index (κ3) is 7.04. The zero-order valence-electron chi connectivity index (χ0n) is 16.2. The van der Waals surface area contributed by atoms with Gasteiger partial charge in [0, 0.05) is 32.2 Å². The van der Waals surface area contributed by atoms with Crippen LogP contribution in [0.25, 0.3) is 0 Å². The van der Waals surface area contributed by atoms with Crippen molar-refractivity contribution in [3.8, 4) is 0 Å². The lowest BCUT2D eigenvalue weighted by molar-refractivity contribution is 0.0342. The quantitative estimate of drug-likeness (QED) is 0.589. The van der Waals surface area contributed by atoms with Crippen LogP contribution in [-0.2, 0) is 17.8 Å². The number of ether oxygens (including phenoxy) is 1. The van der Waals surface area contributed by atoms with Gasteiger partial charge >= 0.3 is 0 Å². The van der Waals surface area contributed by atoms with Crippen LogP contribution >= 0.6 is 0 Å². The van der Waals surface area contributed by atoms with Crippen LogP contribution in [0.3, 0.4) is 0 Å². The molecule has 2 rings (SSSR count). The highest BCUT2D eigenvalue weighted by atomic mass is 16.5. The summed E-state index contributed by atoms with van der Waals surface area (Å²) < 4.78 is 5.40. The first-order valence-electron chi connectivity index (χ1n) is 9.51. The molecule has 5 nitrogen and oxygen atoms in total. The topological polar surface area (TPSA) is 48.9 Å². The van der Waals surface area contributed by atoms with Gasteiger partial charge in [0.25, 0.3) is 0 Å². The first-order valence-corrected chi connectivity index (χ1v) is 9.51. The van der Waals surface area contributed by atoms with Crippen LogP contribution in [0.2, 0.25) is 0 Å². The molecule has 2 N–H and O–H groups in total. The predicted molar refractivity (Wildman–Crippen MR) is 105 cm³/mol. The Bertz CT molecular complexity index is 521. The summed E-state index contributed by atoms with van der Waals surface area (Å²) in [5.41, 5.74) is 2.59. The van der Waals surface area contributed by atoms with Gasteiger partial charge in [-0.1, -0.05) is 38.1 Å². The van der Waals surface area contributed by atoms with E-state index in [0.29, 0.717) is 18.5 Å². The second-order valence-corrected chi connectivity index (χ2v) is 7.08. The summed E-state index contributed by atoms with van der Waals surface area (Å²) in [7, 11) is 0. The molecular formula is C20H34N4O. The lowest BCUT2D eigenvalue weighted by atomic mass is 10.1. The van der Waals surface area contributed by atoms with Gasteiger partial charge in [-0.05, 0) is 30.9 Å². The lowest BCUT2D eigenvalue weighted by Gasteiger charge is -2.26. The number of morpholine rings is 1. The van der Waals surface area contributed by atoms with Crippen molar-refractivity contribution in [3.63, 3.8) is 0 Å². The number of hydrogen-bond acceptors (Lipinski definition) is 3. The van der Waals surface area contributed by atoms with Gasteiger partial charge in [0.15, 0.2) is 5.96 Å². The highest BCUT2D eigenvalue weighted by molar-refractivity contribution is 5.80. The fourth-order valence-electron chi connectivity index (χ4n) is 2.64. The summed E-state index contributed by atoms with van der Waals surface area (Å²) in [5, 5.41) is 6.80. The Morgan fingerprint density at radius 1 is 1.12 bits per heavy atom. The minimum atomic E-state index is 0.397. The van der Waals surface area contributed by atoms with E-state index >= 15 is 0 Å². The number of hydrogen-bond donors (Lipinski definition) is 2. The van der Waals surface area contributed by atoms with Crippen molar-refractivity contribution in [2.24, 2.45) is 10.9 Å². The van der Waals surface area contributed by atoms with Crippen molar-refractivity contribution < 1.29 is 4.74 Å². The number of benzene rings is 1. The van der Waals surface area contributed by atoms with Crippen LogP contribution < -0.4 is 10.6 Å². The molecule has 0 radical (unpaired) electrons. The monoisotopic (exact) mass is 346 g/mol. The fraction of sp³-hybridized carbons (Fsp3) is 0.650. The smallest absolute Gasteiger partial charge is 0.191 e. The third-order valence-corrected chi connectivity index (χ3v) is 4.66. The second-order valence-electron chi connectivity index (χ2n) is 7.08. The summed E-state index contributed by atoms with van der Waals surface area (Å²) >= 11 is 0. The van der Waals surface area contributed by atoms with Gasteiger partial charge in [0.2, 0.25) is 0 Å². The minimum absolute atomic E-state index is 0.397.